The number of hydrogen-bond donors (Lipinski definition) is 1. The van der Waals surface area contributed by atoms with E-state index in [1.54, 1.807) is 18.2 Å². The normalized spacial score (nSPS) is 14.2. The van der Waals surface area contributed by atoms with Crippen LogP contribution >= 0.6 is 23.2 Å². The summed E-state index contributed by atoms with van der Waals surface area (Å²) in [5, 5.41) is 4.04. The largest absolute Gasteiger partial charge is 0.487 e. The highest BCUT2D eigenvalue weighted by Crippen LogP contribution is 2.27. The fraction of sp³-hybridized carbons (Fsp3) is 0.269. The topological polar surface area (TPSA) is 41.6 Å². The zero-order valence-corrected chi connectivity index (χ0v) is 19.3. The van der Waals surface area contributed by atoms with Crippen LogP contribution in [0.15, 0.2) is 66.7 Å². The summed E-state index contributed by atoms with van der Waals surface area (Å²) >= 11 is 12.3. The number of halogens is 2. The van der Waals surface area contributed by atoms with Crippen molar-refractivity contribution in [1.29, 1.82) is 0 Å². The van der Waals surface area contributed by atoms with E-state index in [2.05, 4.69) is 22.3 Å². The maximum Gasteiger partial charge on any atom is 0.255 e. The number of nitrogens with one attached hydrogen (secondary N) is 1. The molecule has 0 unspecified atom stereocenters. The first kappa shape index (κ1) is 22.7. The Hall–Kier alpha value is -2.53. The van der Waals surface area contributed by atoms with Crippen molar-refractivity contribution in [3.63, 3.8) is 0 Å². The van der Waals surface area contributed by atoms with Crippen LogP contribution in [0.2, 0.25) is 10.0 Å². The van der Waals surface area contributed by atoms with Crippen molar-refractivity contribution in [2.45, 2.75) is 32.4 Å². The van der Waals surface area contributed by atoms with Gasteiger partial charge in [-0.25, -0.2) is 0 Å². The van der Waals surface area contributed by atoms with Crippen molar-refractivity contribution in [2.24, 2.45) is 0 Å². The second-order valence-electron chi connectivity index (χ2n) is 8.05. The van der Waals surface area contributed by atoms with Crippen LogP contribution < -0.4 is 10.1 Å². The molecule has 1 heterocycles. The molecule has 1 saturated heterocycles. The first-order valence-corrected chi connectivity index (χ1v) is 11.6. The number of amides is 1. The third-order valence-electron chi connectivity index (χ3n) is 5.54. The fourth-order valence-electron chi connectivity index (χ4n) is 3.82. The van der Waals surface area contributed by atoms with Crippen LogP contribution in [-0.4, -0.2) is 23.9 Å². The molecule has 0 aromatic heterocycles. The highest BCUT2D eigenvalue weighted by molar-refractivity contribution is 6.32. The number of carbonyl (C=O) groups excluding carboxylic acids is 1. The van der Waals surface area contributed by atoms with Crippen molar-refractivity contribution < 1.29 is 9.53 Å². The minimum absolute atomic E-state index is 0.210. The van der Waals surface area contributed by atoms with Crippen LogP contribution in [0.1, 0.15) is 40.7 Å². The van der Waals surface area contributed by atoms with Crippen molar-refractivity contribution in [1.82, 2.24) is 4.90 Å². The van der Waals surface area contributed by atoms with Crippen LogP contribution in [-0.2, 0) is 13.2 Å². The van der Waals surface area contributed by atoms with E-state index in [1.165, 1.54) is 24.8 Å². The van der Waals surface area contributed by atoms with Crippen molar-refractivity contribution in [2.75, 3.05) is 18.4 Å². The van der Waals surface area contributed by atoms with Gasteiger partial charge in [0, 0.05) is 22.8 Å². The number of ether oxygens (including phenoxy) is 1. The van der Waals surface area contributed by atoms with Crippen molar-refractivity contribution in [3.8, 4) is 5.75 Å². The predicted octanol–water partition coefficient (Wildman–Crippen LogP) is 6.81. The van der Waals surface area contributed by atoms with E-state index < -0.39 is 0 Å². The van der Waals surface area contributed by atoms with Gasteiger partial charge in [-0.3, -0.25) is 9.69 Å². The lowest BCUT2D eigenvalue weighted by Crippen LogP contribution is -2.29. The summed E-state index contributed by atoms with van der Waals surface area (Å²) in [5.74, 6) is 0.245. The number of likely N-dealkylation sites (tertiary alicyclic amines) is 1. The lowest BCUT2D eigenvalue weighted by atomic mass is 10.1. The van der Waals surface area contributed by atoms with Gasteiger partial charge < -0.3 is 10.1 Å². The molecule has 1 fully saturated rings. The van der Waals surface area contributed by atoms with Gasteiger partial charge in [0.25, 0.3) is 5.91 Å². The Labute approximate surface area is 199 Å². The molecule has 1 aliphatic rings. The number of benzene rings is 3. The first-order chi connectivity index (χ1) is 15.6. The van der Waals surface area contributed by atoms with E-state index in [-0.39, 0.29) is 5.91 Å². The molecule has 0 spiro atoms. The van der Waals surface area contributed by atoms with Gasteiger partial charge in [-0.1, -0.05) is 53.9 Å². The molecule has 32 heavy (non-hydrogen) atoms. The number of carbonyl (C=O) groups is 1. The fourth-order valence-corrected chi connectivity index (χ4v) is 4.20. The molecular formula is C26H26Cl2N2O2. The monoisotopic (exact) mass is 468 g/mol. The SMILES string of the molecule is O=C(Nc1ccc(CN2CCCCC2)cc1)c1ccc(Cl)c(OCc2cccc(Cl)c2)c1. The average molecular weight is 469 g/mol. The second kappa shape index (κ2) is 10.9. The zero-order valence-electron chi connectivity index (χ0n) is 17.8. The summed E-state index contributed by atoms with van der Waals surface area (Å²) in [7, 11) is 0. The molecule has 3 aromatic rings. The summed E-state index contributed by atoms with van der Waals surface area (Å²) in [5.41, 5.74) is 3.42. The van der Waals surface area contributed by atoms with Gasteiger partial charge >= 0.3 is 0 Å². The number of anilines is 1. The second-order valence-corrected chi connectivity index (χ2v) is 8.90. The summed E-state index contributed by atoms with van der Waals surface area (Å²) in [4.78, 5) is 15.2. The first-order valence-electron chi connectivity index (χ1n) is 10.9. The highest BCUT2D eigenvalue weighted by atomic mass is 35.5. The van der Waals surface area contributed by atoms with E-state index in [0.717, 1.165) is 30.9 Å². The van der Waals surface area contributed by atoms with E-state index >= 15 is 0 Å². The van der Waals surface area contributed by atoms with E-state index in [9.17, 15) is 4.79 Å². The number of piperidine rings is 1. The zero-order chi connectivity index (χ0) is 22.3. The third kappa shape index (κ3) is 6.26. The minimum Gasteiger partial charge on any atom is -0.487 e. The maximum atomic E-state index is 12.8. The third-order valence-corrected chi connectivity index (χ3v) is 6.09. The Morgan fingerprint density at radius 1 is 0.906 bits per heavy atom. The molecule has 4 nitrogen and oxygen atoms in total. The molecule has 0 saturated carbocycles. The lowest BCUT2D eigenvalue weighted by molar-refractivity contribution is 0.102. The lowest BCUT2D eigenvalue weighted by Gasteiger charge is -2.26. The van der Waals surface area contributed by atoms with E-state index in [4.69, 9.17) is 27.9 Å². The molecule has 0 atom stereocenters. The Morgan fingerprint density at radius 3 is 2.44 bits per heavy atom. The van der Waals surface area contributed by atoms with E-state index in [1.807, 2.05) is 36.4 Å². The van der Waals surface area contributed by atoms with Crippen molar-refractivity contribution >= 4 is 34.8 Å². The smallest absolute Gasteiger partial charge is 0.255 e. The van der Waals surface area contributed by atoms with Gasteiger partial charge in [-0.05, 0) is 79.5 Å². The number of nitrogens with zero attached hydrogens (tertiary/aromatic N) is 1. The molecule has 4 rings (SSSR count). The summed E-state index contributed by atoms with van der Waals surface area (Å²) in [6.45, 7) is 3.59. The van der Waals surface area contributed by atoms with Gasteiger partial charge in [-0.15, -0.1) is 0 Å². The summed E-state index contributed by atoms with van der Waals surface area (Å²) in [6.07, 6.45) is 3.89. The molecule has 166 valence electrons. The molecule has 6 heteroatoms. The van der Waals surface area contributed by atoms with Gasteiger partial charge in [0.1, 0.15) is 12.4 Å². The van der Waals surface area contributed by atoms with Gasteiger partial charge in [0.2, 0.25) is 0 Å². The predicted molar refractivity (Wildman–Crippen MR) is 131 cm³/mol. The minimum atomic E-state index is -0.210. The number of rotatable bonds is 7. The van der Waals surface area contributed by atoms with Crippen LogP contribution in [0.3, 0.4) is 0 Å². The van der Waals surface area contributed by atoms with Gasteiger partial charge in [0.05, 0.1) is 5.02 Å². The Bertz CT molecular complexity index is 1060. The molecule has 0 radical (unpaired) electrons. The van der Waals surface area contributed by atoms with Gasteiger partial charge in [-0.2, -0.15) is 0 Å². The van der Waals surface area contributed by atoms with Crippen LogP contribution in [0, 0.1) is 0 Å². The average Bonchev–Trinajstić information content (AvgIpc) is 2.80. The van der Waals surface area contributed by atoms with E-state index in [0.29, 0.717) is 28.0 Å². The van der Waals surface area contributed by atoms with Crippen LogP contribution in [0.4, 0.5) is 5.69 Å². The highest BCUT2D eigenvalue weighted by Gasteiger charge is 2.12. The number of hydrogen-bond acceptors (Lipinski definition) is 3. The quantitative estimate of drug-likeness (QED) is 0.413. The Kier molecular flexibility index (Phi) is 7.69. The van der Waals surface area contributed by atoms with Crippen molar-refractivity contribution in [3.05, 3.63) is 93.5 Å². The summed E-state index contributed by atoms with van der Waals surface area (Å²) < 4.78 is 5.83. The molecule has 1 aliphatic heterocycles. The molecule has 1 amide bonds. The molecule has 0 aliphatic carbocycles. The molecule has 3 aromatic carbocycles. The maximum absolute atomic E-state index is 12.8. The van der Waals surface area contributed by atoms with Gasteiger partial charge in [0.15, 0.2) is 0 Å². The van der Waals surface area contributed by atoms with Crippen LogP contribution in [0.5, 0.6) is 5.75 Å². The molecular weight excluding hydrogens is 443 g/mol. The Morgan fingerprint density at radius 2 is 1.69 bits per heavy atom. The summed E-state index contributed by atoms with van der Waals surface area (Å²) in [6, 6.07) is 20.5. The molecule has 1 N–H and O–H groups in total. The Balaban J connectivity index is 1.37. The molecule has 0 bridgehead atoms. The van der Waals surface area contributed by atoms with Crippen LogP contribution in [0.25, 0.3) is 0 Å². The standard InChI is InChI=1S/C26H26Cl2N2O2/c27-22-6-4-5-20(15-22)18-32-25-16-21(9-12-24(25)28)26(31)29-23-10-7-19(8-11-23)17-30-13-2-1-3-14-30/h4-12,15-16H,1-3,13-14,17-18H2,(H,29,31).